The van der Waals surface area contributed by atoms with Crippen molar-refractivity contribution in [3.05, 3.63) is 0 Å². The minimum atomic E-state index is -0.476. The number of imide groups is 1. The zero-order chi connectivity index (χ0) is 13.7. The molecule has 106 valence electrons. The smallest absolute Gasteiger partial charge is 0.238 e. The van der Waals surface area contributed by atoms with Crippen LogP contribution >= 0.6 is 0 Å². The third-order valence-corrected chi connectivity index (χ3v) is 3.04. The molecule has 2 aliphatic heterocycles. The maximum absolute atomic E-state index is 11.7. The number of carbonyl (C=O) groups excluding carboxylic acids is 3. The molecule has 2 aliphatic rings. The van der Waals surface area contributed by atoms with Crippen LogP contribution in [0.2, 0.25) is 0 Å². The molecule has 0 aromatic carbocycles. The number of epoxide rings is 2. The summed E-state index contributed by atoms with van der Waals surface area (Å²) in [5, 5.41) is 2.63. The third-order valence-electron chi connectivity index (χ3n) is 3.04. The van der Waals surface area contributed by atoms with Gasteiger partial charge in [-0.05, 0) is 12.8 Å². The first kappa shape index (κ1) is 14.0. The van der Waals surface area contributed by atoms with Crippen LogP contribution in [-0.2, 0) is 23.9 Å². The summed E-state index contributed by atoms with van der Waals surface area (Å²) in [7, 11) is 0. The number of nitrogens with zero attached hydrogens (tertiary/aromatic N) is 1. The fourth-order valence-electron chi connectivity index (χ4n) is 1.66. The van der Waals surface area contributed by atoms with E-state index in [2.05, 4.69) is 5.32 Å². The molecule has 7 nitrogen and oxygen atoms in total. The average molecular weight is 270 g/mol. The molecular weight excluding hydrogens is 252 g/mol. The van der Waals surface area contributed by atoms with Gasteiger partial charge in [0.25, 0.3) is 0 Å². The Labute approximate surface area is 111 Å². The topological polar surface area (TPSA) is 91.5 Å². The summed E-state index contributed by atoms with van der Waals surface area (Å²) in [6.45, 7) is 2.23. The van der Waals surface area contributed by atoms with E-state index in [0.29, 0.717) is 32.5 Å². The fourth-order valence-corrected chi connectivity index (χ4v) is 1.66. The van der Waals surface area contributed by atoms with Gasteiger partial charge < -0.3 is 14.8 Å². The standard InChI is InChI=1S/C12H18N2O5/c15-8-14(4-2-10-7-19-10)12(17)5-11(16)13-3-1-9-6-18-9/h8-10H,1-7H2,(H,13,16). The minimum Gasteiger partial charge on any atom is -0.373 e. The van der Waals surface area contributed by atoms with Gasteiger partial charge in [-0.3, -0.25) is 19.3 Å². The molecule has 0 bridgehead atoms. The first-order valence-electron chi connectivity index (χ1n) is 6.43. The molecule has 2 heterocycles. The molecule has 0 saturated carbocycles. The van der Waals surface area contributed by atoms with Crippen LogP contribution in [0.3, 0.4) is 0 Å². The van der Waals surface area contributed by atoms with Gasteiger partial charge in [0.15, 0.2) is 0 Å². The predicted molar refractivity (Wildman–Crippen MR) is 64.1 cm³/mol. The number of ether oxygens (including phenoxy) is 2. The van der Waals surface area contributed by atoms with E-state index in [0.717, 1.165) is 17.9 Å². The largest absolute Gasteiger partial charge is 0.373 e. The van der Waals surface area contributed by atoms with Crippen LogP contribution in [0.5, 0.6) is 0 Å². The average Bonchev–Trinajstić information content (AvgIpc) is 3.24. The van der Waals surface area contributed by atoms with Gasteiger partial charge in [0.2, 0.25) is 18.2 Å². The van der Waals surface area contributed by atoms with Crippen molar-refractivity contribution in [2.45, 2.75) is 31.5 Å². The Balaban J connectivity index is 1.61. The van der Waals surface area contributed by atoms with Crippen molar-refractivity contribution in [2.75, 3.05) is 26.3 Å². The van der Waals surface area contributed by atoms with E-state index in [9.17, 15) is 14.4 Å². The Morgan fingerprint density at radius 2 is 1.84 bits per heavy atom. The Morgan fingerprint density at radius 1 is 1.21 bits per heavy atom. The van der Waals surface area contributed by atoms with E-state index < -0.39 is 5.91 Å². The van der Waals surface area contributed by atoms with Gasteiger partial charge in [0, 0.05) is 13.1 Å². The van der Waals surface area contributed by atoms with Gasteiger partial charge in [0.1, 0.15) is 6.42 Å². The molecule has 2 fully saturated rings. The number of hydrogen-bond acceptors (Lipinski definition) is 5. The second-order valence-electron chi connectivity index (χ2n) is 4.71. The highest BCUT2D eigenvalue weighted by Crippen LogP contribution is 2.14. The van der Waals surface area contributed by atoms with E-state index in [1.807, 2.05) is 0 Å². The van der Waals surface area contributed by atoms with Crippen molar-refractivity contribution < 1.29 is 23.9 Å². The van der Waals surface area contributed by atoms with Gasteiger partial charge in [0.05, 0.1) is 25.4 Å². The highest BCUT2D eigenvalue weighted by atomic mass is 16.6. The van der Waals surface area contributed by atoms with Crippen LogP contribution in [0, 0.1) is 0 Å². The summed E-state index contributed by atoms with van der Waals surface area (Å²) < 4.78 is 10.0. The summed E-state index contributed by atoms with van der Waals surface area (Å²) in [5.41, 5.74) is 0. The lowest BCUT2D eigenvalue weighted by Gasteiger charge is -2.14. The lowest BCUT2D eigenvalue weighted by molar-refractivity contribution is -0.140. The highest BCUT2D eigenvalue weighted by Gasteiger charge is 2.25. The maximum atomic E-state index is 11.7. The number of rotatable bonds is 9. The Morgan fingerprint density at radius 3 is 2.42 bits per heavy atom. The quantitative estimate of drug-likeness (QED) is 0.331. The van der Waals surface area contributed by atoms with E-state index in [-0.39, 0.29) is 24.5 Å². The van der Waals surface area contributed by atoms with Crippen LogP contribution in [-0.4, -0.2) is 61.6 Å². The second kappa shape index (κ2) is 6.63. The molecule has 0 spiro atoms. The lowest BCUT2D eigenvalue weighted by Crippen LogP contribution is -2.36. The zero-order valence-corrected chi connectivity index (χ0v) is 10.7. The molecule has 2 saturated heterocycles. The van der Waals surface area contributed by atoms with E-state index >= 15 is 0 Å². The third kappa shape index (κ3) is 5.35. The molecule has 1 N–H and O–H groups in total. The van der Waals surface area contributed by atoms with Crippen LogP contribution in [0.1, 0.15) is 19.3 Å². The molecule has 0 aliphatic carbocycles. The molecule has 2 atom stereocenters. The van der Waals surface area contributed by atoms with Crippen molar-refractivity contribution >= 4 is 18.2 Å². The molecule has 7 heteroatoms. The summed E-state index contributed by atoms with van der Waals surface area (Å²) >= 11 is 0. The van der Waals surface area contributed by atoms with Crippen LogP contribution in [0.15, 0.2) is 0 Å². The minimum absolute atomic E-state index is 0.155. The van der Waals surface area contributed by atoms with Gasteiger partial charge in [-0.15, -0.1) is 0 Å². The SMILES string of the molecule is O=CN(CCC1CO1)C(=O)CC(=O)NCCC1CO1. The van der Waals surface area contributed by atoms with Gasteiger partial charge in [-0.1, -0.05) is 0 Å². The molecule has 0 aromatic rings. The van der Waals surface area contributed by atoms with Gasteiger partial charge >= 0.3 is 0 Å². The predicted octanol–water partition coefficient (Wildman–Crippen LogP) is -0.944. The Bertz CT molecular complexity index is 352. The molecule has 2 rings (SSSR count). The van der Waals surface area contributed by atoms with Crippen molar-refractivity contribution in [3.8, 4) is 0 Å². The van der Waals surface area contributed by atoms with Crippen LogP contribution < -0.4 is 5.32 Å². The van der Waals surface area contributed by atoms with E-state index in [4.69, 9.17) is 9.47 Å². The first-order chi connectivity index (χ1) is 9.19. The number of amides is 3. The number of hydrogen-bond donors (Lipinski definition) is 1. The molecular formula is C12H18N2O5. The monoisotopic (exact) mass is 270 g/mol. The fraction of sp³-hybridized carbons (Fsp3) is 0.750. The van der Waals surface area contributed by atoms with Crippen LogP contribution in [0.25, 0.3) is 0 Å². The maximum Gasteiger partial charge on any atom is 0.238 e. The normalized spacial score (nSPS) is 23.6. The summed E-state index contributed by atoms with van der Waals surface area (Å²) in [5.74, 6) is -0.837. The van der Waals surface area contributed by atoms with Gasteiger partial charge in [-0.25, -0.2) is 0 Å². The summed E-state index contributed by atoms with van der Waals surface area (Å²) in [6.07, 6.45) is 1.97. The van der Waals surface area contributed by atoms with Crippen molar-refractivity contribution in [3.63, 3.8) is 0 Å². The summed E-state index contributed by atoms with van der Waals surface area (Å²) in [6, 6.07) is 0. The first-order valence-corrected chi connectivity index (χ1v) is 6.43. The Hall–Kier alpha value is -1.47. The molecule has 0 radical (unpaired) electrons. The van der Waals surface area contributed by atoms with Gasteiger partial charge in [-0.2, -0.15) is 0 Å². The molecule has 3 amide bonds. The van der Waals surface area contributed by atoms with E-state index in [1.165, 1.54) is 0 Å². The van der Waals surface area contributed by atoms with E-state index in [1.54, 1.807) is 0 Å². The highest BCUT2D eigenvalue weighted by molar-refractivity contribution is 6.00. The van der Waals surface area contributed by atoms with Crippen molar-refractivity contribution in [1.29, 1.82) is 0 Å². The molecule has 2 unspecified atom stereocenters. The number of carbonyl (C=O) groups is 3. The second-order valence-corrected chi connectivity index (χ2v) is 4.71. The molecule has 0 aromatic heterocycles. The summed E-state index contributed by atoms with van der Waals surface area (Å²) in [4.78, 5) is 35.0. The zero-order valence-electron chi connectivity index (χ0n) is 10.7. The van der Waals surface area contributed by atoms with Crippen molar-refractivity contribution in [2.24, 2.45) is 0 Å². The number of nitrogens with one attached hydrogen (secondary N) is 1. The molecule has 19 heavy (non-hydrogen) atoms. The van der Waals surface area contributed by atoms with Crippen molar-refractivity contribution in [1.82, 2.24) is 10.2 Å². The Kier molecular flexibility index (Phi) is 4.86. The lowest BCUT2D eigenvalue weighted by atomic mass is 10.2. The van der Waals surface area contributed by atoms with Crippen LogP contribution in [0.4, 0.5) is 0 Å².